The summed E-state index contributed by atoms with van der Waals surface area (Å²) in [6.45, 7) is 2.04. The monoisotopic (exact) mass is 300 g/mol. The van der Waals surface area contributed by atoms with Crippen LogP contribution in [0.2, 0.25) is 0 Å². The lowest BCUT2D eigenvalue weighted by Gasteiger charge is -2.30. The number of carbonyl (C=O) groups is 1. The molecule has 1 aromatic carbocycles. The molecule has 0 amide bonds. The zero-order chi connectivity index (χ0) is 15.5. The molecule has 0 heterocycles. The van der Waals surface area contributed by atoms with Gasteiger partial charge in [0.1, 0.15) is 6.10 Å². The van der Waals surface area contributed by atoms with Gasteiger partial charge in [0.25, 0.3) is 0 Å². The molecule has 0 N–H and O–H groups in total. The molecule has 1 aromatic rings. The Kier molecular flexibility index (Phi) is 4.91. The van der Waals surface area contributed by atoms with E-state index in [1.165, 1.54) is 12.1 Å². The number of benzene rings is 1. The minimum atomic E-state index is -4.45. The number of hydrogen-bond acceptors (Lipinski definition) is 2. The third-order valence-electron chi connectivity index (χ3n) is 4.05. The van der Waals surface area contributed by atoms with Gasteiger partial charge in [-0.25, -0.2) is 4.79 Å². The first-order valence-corrected chi connectivity index (χ1v) is 7.30. The zero-order valence-corrected chi connectivity index (χ0v) is 12.0. The predicted molar refractivity (Wildman–Crippen MR) is 72.9 cm³/mol. The minimum absolute atomic E-state index is 0.0368. The second-order valence-electron chi connectivity index (χ2n) is 5.48. The van der Waals surface area contributed by atoms with Crippen molar-refractivity contribution in [3.63, 3.8) is 0 Å². The Hall–Kier alpha value is -1.52. The normalized spacial score (nSPS) is 22.9. The molecule has 1 aliphatic rings. The summed E-state index contributed by atoms with van der Waals surface area (Å²) in [5.74, 6) is -0.347. The fourth-order valence-corrected chi connectivity index (χ4v) is 2.82. The summed E-state index contributed by atoms with van der Waals surface area (Å²) in [6.07, 6.45) is 0.215. The van der Waals surface area contributed by atoms with Crippen molar-refractivity contribution in [2.45, 2.75) is 51.3 Å². The Labute approximate surface area is 122 Å². The zero-order valence-electron chi connectivity index (χ0n) is 12.0. The second-order valence-corrected chi connectivity index (χ2v) is 5.48. The smallest absolute Gasteiger partial charge is 0.416 e. The summed E-state index contributed by atoms with van der Waals surface area (Å²) < 4.78 is 43.4. The number of rotatable bonds is 3. The second kappa shape index (κ2) is 6.50. The van der Waals surface area contributed by atoms with Crippen molar-refractivity contribution in [3.8, 4) is 0 Å². The standard InChI is InChI=1S/C16H19F3O2/c1-2-11-6-3-4-9-14(11)21-15(20)12-7-5-8-13(10-12)16(17,18)19/h5,7-8,10-11,14H,2-4,6,9H2,1H3. The van der Waals surface area contributed by atoms with E-state index in [1.807, 2.05) is 6.92 Å². The molecule has 0 aliphatic heterocycles. The van der Waals surface area contributed by atoms with Gasteiger partial charge in [0.2, 0.25) is 0 Å². The highest BCUT2D eigenvalue weighted by atomic mass is 19.4. The van der Waals surface area contributed by atoms with E-state index >= 15 is 0 Å². The largest absolute Gasteiger partial charge is 0.458 e. The first kappa shape index (κ1) is 15.9. The molecule has 116 valence electrons. The molecule has 0 bridgehead atoms. The maximum atomic E-state index is 12.7. The van der Waals surface area contributed by atoms with E-state index in [-0.39, 0.29) is 11.7 Å². The number of halogens is 3. The molecule has 2 nitrogen and oxygen atoms in total. The molecular formula is C16H19F3O2. The third kappa shape index (κ3) is 3.99. The van der Waals surface area contributed by atoms with Gasteiger partial charge >= 0.3 is 12.1 Å². The summed E-state index contributed by atoms with van der Waals surface area (Å²) in [6, 6.07) is 4.40. The van der Waals surface area contributed by atoms with Crippen LogP contribution in [0.3, 0.4) is 0 Å². The Balaban J connectivity index is 2.09. The Bertz CT molecular complexity index is 497. The van der Waals surface area contributed by atoms with Crippen LogP contribution in [0.4, 0.5) is 13.2 Å². The van der Waals surface area contributed by atoms with E-state index in [0.717, 1.165) is 44.2 Å². The van der Waals surface area contributed by atoms with Crippen LogP contribution in [0.1, 0.15) is 54.9 Å². The number of carbonyl (C=O) groups excluding carboxylic acids is 1. The lowest BCUT2D eigenvalue weighted by Crippen LogP contribution is -2.29. The van der Waals surface area contributed by atoms with Crippen molar-refractivity contribution < 1.29 is 22.7 Å². The highest BCUT2D eigenvalue weighted by Crippen LogP contribution is 2.31. The van der Waals surface area contributed by atoms with Gasteiger partial charge in [0, 0.05) is 0 Å². The van der Waals surface area contributed by atoms with Gasteiger partial charge in [0.15, 0.2) is 0 Å². The first-order chi connectivity index (χ1) is 9.91. The summed E-state index contributed by atoms with van der Waals surface area (Å²) in [7, 11) is 0. The molecule has 0 radical (unpaired) electrons. The van der Waals surface area contributed by atoms with Crippen LogP contribution in [0.25, 0.3) is 0 Å². The van der Waals surface area contributed by atoms with Crippen molar-refractivity contribution in [1.82, 2.24) is 0 Å². The van der Waals surface area contributed by atoms with Crippen LogP contribution >= 0.6 is 0 Å². The molecular weight excluding hydrogens is 281 g/mol. The van der Waals surface area contributed by atoms with Crippen molar-refractivity contribution in [3.05, 3.63) is 35.4 Å². The van der Waals surface area contributed by atoms with E-state index in [2.05, 4.69) is 0 Å². The average molecular weight is 300 g/mol. The van der Waals surface area contributed by atoms with Crippen LogP contribution in [0.5, 0.6) is 0 Å². The highest BCUT2D eigenvalue weighted by molar-refractivity contribution is 5.89. The quantitative estimate of drug-likeness (QED) is 0.747. The molecule has 2 unspecified atom stereocenters. The Morgan fingerprint density at radius 2 is 2.00 bits per heavy atom. The van der Waals surface area contributed by atoms with Crippen LogP contribution in [0.15, 0.2) is 24.3 Å². The van der Waals surface area contributed by atoms with Gasteiger partial charge in [-0.2, -0.15) is 13.2 Å². The number of hydrogen-bond donors (Lipinski definition) is 0. The molecule has 0 aromatic heterocycles. The Morgan fingerprint density at radius 3 is 2.67 bits per heavy atom. The van der Waals surface area contributed by atoms with Gasteiger partial charge in [-0.05, 0) is 49.8 Å². The van der Waals surface area contributed by atoms with Crippen LogP contribution in [0, 0.1) is 5.92 Å². The lowest BCUT2D eigenvalue weighted by molar-refractivity contribution is -0.137. The minimum Gasteiger partial charge on any atom is -0.458 e. The molecule has 1 saturated carbocycles. The topological polar surface area (TPSA) is 26.3 Å². The van der Waals surface area contributed by atoms with Crippen molar-refractivity contribution >= 4 is 5.97 Å². The van der Waals surface area contributed by atoms with Gasteiger partial charge in [-0.1, -0.05) is 19.4 Å². The fourth-order valence-electron chi connectivity index (χ4n) is 2.82. The highest BCUT2D eigenvalue weighted by Gasteiger charge is 2.32. The SMILES string of the molecule is CCC1CCCCC1OC(=O)c1cccc(C(F)(F)F)c1. The molecule has 21 heavy (non-hydrogen) atoms. The number of esters is 1. The van der Waals surface area contributed by atoms with E-state index in [1.54, 1.807) is 0 Å². The average Bonchev–Trinajstić information content (AvgIpc) is 2.47. The molecule has 1 aliphatic carbocycles. The van der Waals surface area contributed by atoms with E-state index < -0.39 is 17.7 Å². The van der Waals surface area contributed by atoms with Gasteiger partial charge in [0.05, 0.1) is 11.1 Å². The molecule has 5 heteroatoms. The molecule has 2 rings (SSSR count). The van der Waals surface area contributed by atoms with Gasteiger partial charge in [-0.3, -0.25) is 0 Å². The number of alkyl halides is 3. The van der Waals surface area contributed by atoms with Crippen LogP contribution in [-0.4, -0.2) is 12.1 Å². The molecule has 0 saturated heterocycles. The third-order valence-corrected chi connectivity index (χ3v) is 4.05. The Morgan fingerprint density at radius 1 is 1.29 bits per heavy atom. The lowest BCUT2D eigenvalue weighted by atomic mass is 9.85. The summed E-state index contributed by atoms with van der Waals surface area (Å²) in [5, 5.41) is 0. The fraction of sp³-hybridized carbons (Fsp3) is 0.562. The van der Waals surface area contributed by atoms with E-state index in [0.29, 0.717) is 5.92 Å². The van der Waals surface area contributed by atoms with E-state index in [4.69, 9.17) is 4.74 Å². The van der Waals surface area contributed by atoms with Crippen LogP contribution < -0.4 is 0 Å². The van der Waals surface area contributed by atoms with Crippen molar-refractivity contribution in [2.24, 2.45) is 5.92 Å². The summed E-state index contributed by atoms with van der Waals surface area (Å²) >= 11 is 0. The van der Waals surface area contributed by atoms with E-state index in [9.17, 15) is 18.0 Å². The molecule has 2 atom stereocenters. The predicted octanol–water partition coefficient (Wildman–Crippen LogP) is 4.83. The van der Waals surface area contributed by atoms with Gasteiger partial charge < -0.3 is 4.74 Å². The molecule has 0 spiro atoms. The first-order valence-electron chi connectivity index (χ1n) is 7.30. The van der Waals surface area contributed by atoms with Crippen LogP contribution in [-0.2, 0) is 10.9 Å². The van der Waals surface area contributed by atoms with Crippen molar-refractivity contribution in [1.29, 1.82) is 0 Å². The van der Waals surface area contributed by atoms with Crippen molar-refractivity contribution in [2.75, 3.05) is 0 Å². The molecule has 1 fully saturated rings. The summed E-state index contributed by atoms with van der Waals surface area (Å²) in [4.78, 5) is 12.1. The maximum Gasteiger partial charge on any atom is 0.416 e. The number of ether oxygens (including phenoxy) is 1. The maximum absolute atomic E-state index is 12.7. The summed E-state index contributed by atoms with van der Waals surface area (Å²) in [5.41, 5.74) is -0.863. The van der Waals surface area contributed by atoms with Gasteiger partial charge in [-0.15, -0.1) is 0 Å².